The molecule has 0 aliphatic carbocycles. The van der Waals surface area contributed by atoms with Crippen LogP contribution in [0.3, 0.4) is 0 Å². The van der Waals surface area contributed by atoms with E-state index in [1.807, 2.05) is 13.8 Å². The fourth-order valence-corrected chi connectivity index (χ4v) is 4.93. The van der Waals surface area contributed by atoms with E-state index in [1.165, 1.54) is 12.8 Å². The highest BCUT2D eigenvalue weighted by molar-refractivity contribution is 5.67. The Kier molecular flexibility index (Phi) is 8.19. The highest BCUT2D eigenvalue weighted by Gasteiger charge is 2.30. The summed E-state index contributed by atoms with van der Waals surface area (Å²) in [5.41, 5.74) is 3.08. The second-order valence-electron chi connectivity index (χ2n) is 9.85. The van der Waals surface area contributed by atoms with Crippen LogP contribution in [0.5, 0.6) is 5.88 Å². The Balaban J connectivity index is 1.24. The second kappa shape index (κ2) is 11.3. The largest absolute Gasteiger partial charge is 0.476 e. The van der Waals surface area contributed by atoms with E-state index in [4.69, 9.17) is 4.74 Å². The van der Waals surface area contributed by atoms with Crippen molar-refractivity contribution in [1.82, 2.24) is 19.8 Å². The number of halogens is 1. The summed E-state index contributed by atoms with van der Waals surface area (Å²) in [5.74, 6) is 1.04. The van der Waals surface area contributed by atoms with Crippen molar-refractivity contribution in [2.24, 2.45) is 5.92 Å². The Morgan fingerprint density at radius 1 is 1.03 bits per heavy atom. The molecule has 0 atom stereocenters. The smallest absolute Gasteiger partial charge is 0.232 e. The molecular formula is C28H39FN4O. The first-order valence-electron chi connectivity index (χ1n) is 12.9. The Morgan fingerprint density at radius 3 is 2.29 bits per heavy atom. The van der Waals surface area contributed by atoms with E-state index in [0.29, 0.717) is 37.8 Å². The lowest BCUT2D eigenvalue weighted by molar-refractivity contribution is 0.0565. The molecule has 2 aliphatic heterocycles. The third kappa shape index (κ3) is 6.15. The molecule has 2 saturated heterocycles. The predicted octanol–water partition coefficient (Wildman–Crippen LogP) is 5.83. The van der Waals surface area contributed by atoms with Crippen LogP contribution in [0.25, 0.3) is 17.0 Å². The second-order valence-corrected chi connectivity index (χ2v) is 9.85. The first-order valence-corrected chi connectivity index (χ1v) is 12.9. The molecule has 1 aromatic carbocycles. The van der Waals surface area contributed by atoms with E-state index >= 15 is 0 Å². The maximum absolute atomic E-state index is 14.7. The number of hydrogen-bond acceptors (Lipinski definition) is 5. The number of piperidine rings is 1. The highest BCUT2D eigenvalue weighted by Crippen LogP contribution is 2.27. The monoisotopic (exact) mass is 466 g/mol. The summed E-state index contributed by atoms with van der Waals surface area (Å²) in [6, 6.07) is 8.39. The van der Waals surface area contributed by atoms with Gasteiger partial charge in [0.05, 0.1) is 24.7 Å². The van der Waals surface area contributed by atoms with Crippen molar-refractivity contribution in [3.63, 3.8) is 0 Å². The van der Waals surface area contributed by atoms with E-state index in [0.717, 1.165) is 61.5 Å². The van der Waals surface area contributed by atoms with Crippen LogP contribution in [0.1, 0.15) is 57.9 Å². The molecule has 0 spiro atoms. The van der Waals surface area contributed by atoms with Gasteiger partial charge < -0.3 is 14.5 Å². The number of hydrogen-bond donors (Lipinski definition) is 0. The van der Waals surface area contributed by atoms with Gasteiger partial charge in [-0.2, -0.15) is 0 Å². The van der Waals surface area contributed by atoms with E-state index in [9.17, 15) is 4.39 Å². The number of benzene rings is 1. The third-order valence-corrected chi connectivity index (χ3v) is 7.58. The average Bonchev–Trinajstić information content (AvgIpc) is 3.43. The molecule has 0 bridgehead atoms. The van der Waals surface area contributed by atoms with Gasteiger partial charge in [0, 0.05) is 30.9 Å². The van der Waals surface area contributed by atoms with Gasteiger partial charge in [0.25, 0.3) is 0 Å². The van der Waals surface area contributed by atoms with Crippen molar-refractivity contribution in [3.8, 4) is 17.1 Å². The highest BCUT2D eigenvalue weighted by atomic mass is 19.1. The fourth-order valence-electron chi connectivity index (χ4n) is 4.93. The maximum Gasteiger partial charge on any atom is 0.232 e. The number of likely N-dealkylation sites (tertiary alicyclic amines) is 2. The van der Waals surface area contributed by atoms with Gasteiger partial charge >= 0.3 is 0 Å². The predicted molar refractivity (Wildman–Crippen MR) is 136 cm³/mol. The molecule has 3 heterocycles. The third-order valence-electron chi connectivity index (χ3n) is 7.58. The molecule has 2 fully saturated rings. The molecule has 184 valence electrons. The Hall–Kier alpha value is -2.47. The minimum absolute atomic E-state index is 0.478. The summed E-state index contributed by atoms with van der Waals surface area (Å²) in [7, 11) is 0. The molecule has 0 unspecified atom stereocenters. The van der Waals surface area contributed by atoms with Crippen LogP contribution in [-0.2, 0) is 0 Å². The van der Waals surface area contributed by atoms with Crippen LogP contribution < -0.4 is 4.74 Å². The summed E-state index contributed by atoms with van der Waals surface area (Å²) in [4.78, 5) is 13.7. The quantitative estimate of drug-likeness (QED) is 0.441. The van der Waals surface area contributed by atoms with Gasteiger partial charge in [0.1, 0.15) is 5.67 Å². The molecule has 0 N–H and O–H groups in total. The van der Waals surface area contributed by atoms with Gasteiger partial charge in [0.15, 0.2) is 0 Å². The van der Waals surface area contributed by atoms with Crippen molar-refractivity contribution in [3.05, 3.63) is 48.8 Å². The molecule has 6 heteroatoms. The van der Waals surface area contributed by atoms with Gasteiger partial charge in [-0.15, -0.1) is 0 Å². The van der Waals surface area contributed by atoms with Crippen LogP contribution in [0.2, 0.25) is 0 Å². The summed E-state index contributed by atoms with van der Waals surface area (Å²) >= 11 is 0. The SMILES string of the molecule is C=C(c1ccc(-c2cnc(OCC3CCN(CC(F)(CC)CC)CC3)cn2)cc1)N1CCCC1. The molecular weight excluding hydrogens is 427 g/mol. The zero-order valence-corrected chi connectivity index (χ0v) is 20.8. The minimum atomic E-state index is -1.05. The van der Waals surface area contributed by atoms with Gasteiger partial charge in [0.2, 0.25) is 5.88 Å². The molecule has 2 aromatic rings. The van der Waals surface area contributed by atoms with E-state index in [-0.39, 0.29) is 0 Å². The van der Waals surface area contributed by atoms with Crippen molar-refractivity contribution in [2.45, 2.75) is 58.0 Å². The Bertz CT molecular complexity index is 912. The summed E-state index contributed by atoms with van der Waals surface area (Å²) in [6.07, 6.45) is 9.21. The van der Waals surface area contributed by atoms with Crippen molar-refractivity contribution in [2.75, 3.05) is 39.3 Å². The number of nitrogens with zero attached hydrogens (tertiary/aromatic N) is 4. The van der Waals surface area contributed by atoms with Gasteiger partial charge in [-0.25, -0.2) is 14.4 Å². The maximum atomic E-state index is 14.7. The fraction of sp³-hybridized carbons (Fsp3) is 0.571. The van der Waals surface area contributed by atoms with Crippen LogP contribution in [0.15, 0.2) is 43.2 Å². The van der Waals surface area contributed by atoms with Crippen LogP contribution >= 0.6 is 0 Å². The topological polar surface area (TPSA) is 41.5 Å². The Morgan fingerprint density at radius 2 is 1.71 bits per heavy atom. The molecule has 2 aliphatic rings. The van der Waals surface area contributed by atoms with Crippen LogP contribution in [-0.4, -0.2) is 64.8 Å². The number of rotatable bonds is 10. The van der Waals surface area contributed by atoms with E-state index in [1.54, 1.807) is 12.4 Å². The lowest BCUT2D eigenvalue weighted by Gasteiger charge is -2.36. The van der Waals surface area contributed by atoms with Gasteiger partial charge in [-0.3, -0.25) is 0 Å². The molecule has 5 nitrogen and oxygen atoms in total. The summed E-state index contributed by atoms with van der Waals surface area (Å²) in [5, 5.41) is 0. The first kappa shape index (κ1) is 24.6. The molecule has 0 radical (unpaired) electrons. The molecule has 1 aromatic heterocycles. The zero-order chi connectivity index (χ0) is 24.0. The lowest BCUT2D eigenvalue weighted by atomic mass is 9.94. The van der Waals surface area contributed by atoms with Crippen molar-refractivity contribution in [1.29, 1.82) is 0 Å². The van der Waals surface area contributed by atoms with E-state index in [2.05, 4.69) is 50.6 Å². The number of alkyl halides is 1. The van der Waals surface area contributed by atoms with Crippen LogP contribution in [0, 0.1) is 5.92 Å². The lowest BCUT2D eigenvalue weighted by Crippen LogP contribution is -2.44. The minimum Gasteiger partial charge on any atom is -0.476 e. The summed E-state index contributed by atoms with van der Waals surface area (Å²) < 4.78 is 20.6. The number of aromatic nitrogens is 2. The Labute approximate surface area is 204 Å². The number of ether oxygens (including phenoxy) is 1. The van der Waals surface area contributed by atoms with Gasteiger partial charge in [-0.05, 0) is 63.1 Å². The molecule has 0 saturated carbocycles. The molecule has 34 heavy (non-hydrogen) atoms. The first-order chi connectivity index (χ1) is 16.5. The van der Waals surface area contributed by atoms with Crippen molar-refractivity contribution >= 4 is 5.70 Å². The van der Waals surface area contributed by atoms with E-state index < -0.39 is 5.67 Å². The van der Waals surface area contributed by atoms with Gasteiger partial charge in [-0.1, -0.05) is 44.7 Å². The van der Waals surface area contributed by atoms with Crippen LogP contribution in [0.4, 0.5) is 4.39 Å². The average molecular weight is 467 g/mol. The normalized spacial score (nSPS) is 17.8. The zero-order valence-electron chi connectivity index (χ0n) is 20.8. The summed E-state index contributed by atoms with van der Waals surface area (Å²) in [6.45, 7) is 13.4. The van der Waals surface area contributed by atoms with Crippen molar-refractivity contribution < 1.29 is 9.13 Å². The standard InChI is InChI=1S/C28H39FN4O/c1-4-28(29,5-2)21-32-16-12-23(13-17-32)20-34-27-19-30-26(18-31-27)25-10-8-24(9-11-25)22(3)33-14-6-7-15-33/h8-11,18-19,23H,3-7,12-17,20-21H2,1-2H3. The molecule has 0 amide bonds. The molecule has 4 rings (SSSR count).